The summed E-state index contributed by atoms with van der Waals surface area (Å²) in [5, 5.41) is 5.15. The topological polar surface area (TPSA) is 53.1 Å². The van der Waals surface area contributed by atoms with Crippen molar-refractivity contribution in [3.8, 4) is 39.9 Å². The summed E-state index contributed by atoms with van der Waals surface area (Å²) in [5.41, 5.74) is 7.93. The van der Waals surface area contributed by atoms with Crippen LogP contribution in [-0.2, 0) is 32.9 Å². The molecule has 9 aromatic rings. The maximum atomic E-state index is 6.76. The predicted octanol–water partition coefficient (Wildman–Crippen LogP) is 13.1. The molecule has 0 aliphatic heterocycles. The maximum Gasteiger partial charge on any atom is 2.00 e. The van der Waals surface area contributed by atoms with Crippen molar-refractivity contribution >= 4 is 43.5 Å². The molecule has 0 spiro atoms. The molecule has 0 atom stereocenters. The van der Waals surface area contributed by atoms with Gasteiger partial charge in [-0.25, -0.2) is 4.98 Å². The summed E-state index contributed by atoms with van der Waals surface area (Å²) in [6, 6.07) is 47.1. The number of furan rings is 1. The zero-order chi connectivity index (χ0) is 37.2. The number of benzene rings is 5. The summed E-state index contributed by atoms with van der Waals surface area (Å²) in [6.45, 7) is 13.4. The largest absolute Gasteiger partial charge is 2.00 e. The van der Waals surface area contributed by atoms with E-state index in [1.54, 1.807) is 0 Å². The molecule has 5 nitrogen and oxygen atoms in total. The van der Waals surface area contributed by atoms with Gasteiger partial charge in [0.15, 0.2) is 0 Å². The Kier molecular flexibility index (Phi) is 9.26. The molecule has 0 amide bonds. The van der Waals surface area contributed by atoms with E-state index in [0.29, 0.717) is 22.8 Å². The number of para-hydroxylation sites is 1. The molecule has 0 fully saturated rings. The van der Waals surface area contributed by atoms with E-state index in [1.807, 2.05) is 36.7 Å². The van der Waals surface area contributed by atoms with E-state index < -0.39 is 0 Å². The second-order valence-corrected chi connectivity index (χ2v) is 16.4. The third kappa shape index (κ3) is 6.98. The smallest absolute Gasteiger partial charge is 0.502 e. The van der Waals surface area contributed by atoms with E-state index in [9.17, 15) is 0 Å². The number of rotatable bonds is 6. The second-order valence-electron chi connectivity index (χ2n) is 16.4. The van der Waals surface area contributed by atoms with Gasteiger partial charge in [-0.15, -0.1) is 29.1 Å². The Hall–Kier alpha value is -5.51. The molecule has 9 rings (SSSR count). The van der Waals surface area contributed by atoms with Crippen molar-refractivity contribution < 1.29 is 30.2 Å². The minimum atomic E-state index is -0.0235. The van der Waals surface area contributed by atoms with E-state index in [0.717, 1.165) is 67.1 Å². The molecular weight excluding hydrogens is 858 g/mol. The van der Waals surface area contributed by atoms with E-state index >= 15 is 0 Å². The van der Waals surface area contributed by atoms with Crippen LogP contribution < -0.4 is 4.74 Å². The molecule has 0 aliphatic rings. The third-order valence-electron chi connectivity index (χ3n) is 10.0. The third-order valence-corrected chi connectivity index (χ3v) is 10.0. The molecule has 4 aromatic heterocycles. The van der Waals surface area contributed by atoms with Crippen molar-refractivity contribution in [1.29, 1.82) is 0 Å². The summed E-state index contributed by atoms with van der Waals surface area (Å²) in [6.07, 6.45) is 4.74. The van der Waals surface area contributed by atoms with Gasteiger partial charge in [0.1, 0.15) is 17.2 Å². The fourth-order valence-corrected chi connectivity index (χ4v) is 7.41. The summed E-state index contributed by atoms with van der Waals surface area (Å²) in [5.74, 6) is 2.83. The van der Waals surface area contributed by atoms with Crippen LogP contribution in [0, 0.1) is 17.5 Å². The van der Waals surface area contributed by atoms with Gasteiger partial charge in [0.05, 0.1) is 0 Å². The first-order valence-corrected chi connectivity index (χ1v) is 18.5. The van der Waals surface area contributed by atoms with Gasteiger partial charge in [-0.3, -0.25) is 0 Å². The van der Waals surface area contributed by atoms with Crippen molar-refractivity contribution in [2.75, 3.05) is 0 Å². The number of aromatic nitrogens is 3. The molecule has 0 aliphatic carbocycles. The Morgan fingerprint density at radius 3 is 2.22 bits per heavy atom. The van der Waals surface area contributed by atoms with Crippen molar-refractivity contribution in [2.24, 2.45) is 5.41 Å². The van der Waals surface area contributed by atoms with Gasteiger partial charge in [0, 0.05) is 46.1 Å². The monoisotopic (exact) mass is 898 g/mol. The molecule has 0 radical (unpaired) electrons. The van der Waals surface area contributed by atoms with Crippen LogP contribution in [0.25, 0.3) is 71.9 Å². The second kappa shape index (κ2) is 14.0. The van der Waals surface area contributed by atoms with Gasteiger partial charge in [0.2, 0.25) is 0 Å². The van der Waals surface area contributed by atoms with Gasteiger partial charge in [-0.1, -0.05) is 131 Å². The molecular formula is C49H41N3O2Pt. The molecule has 4 heterocycles. The summed E-state index contributed by atoms with van der Waals surface area (Å²) in [7, 11) is 0. The van der Waals surface area contributed by atoms with Crippen LogP contribution in [0.15, 0.2) is 132 Å². The molecule has 0 unspecified atom stereocenters. The number of pyridine rings is 2. The minimum absolute atomic E-state index is 0. The Bertz CT molecular complexity index is 2850. The molecule has 6 heteroatoms. The minimum Gasteiger partial charge on any atom is -0.502 e. The number of nitrogens with zero attached hydrogens (tertiary/aromatic N) is 3. The van der Waals surface area contributed by atoms with E-state index in [4.69, 9.17) is 19.1 Å². The van der Waals surface area contributed by atoms with Gasteiger partial charge in [-0.2, -0.15) is 6.07 Å². The van der Waals surface area contributed by atoms with Crippen LogP contribution in [0.5, 0.6) is 11.5 Å². The Labute approximate surface area is 336 Å². The summed E-state index contributed by atoms with van der Waals surface area (Å²) >= 11 is 0. The fraction of sp³-hybridized carbons (Fsp3) is 0.184. The number of hydrogen-bond donors (Lipinski definition) is 0. The zero-order valence-corrected chi connectivity index (χ0v) is 34.1. The van der Waals surface area contributed by atoms with E-state index in [-0.39, 0.29) is 31.9 Å². The maximum absolute atomic E-state index is 6.76. The molecule has 0 saturated heterocycles. The molecule has 55 heavy (non-hydrogen) atoms. The first-order valence-electron chi connectivity index (χ1n) is 18.5. The van der Waals surface area contributed by atoms with Crippen molar-refractivity contribution in [1.82, 2.24) is 14.5 Å². The standard InChI is InChI=1S/C49H41N3O2.Pt/c1-48(2,3)30-31-15-17-32(18-16-31)43-26-34-21-23-51-46(47(34)54-43)35-25-33-11-7-8-12-38(33)44(27-35)53-37-19-20-40-39-13-9-10-14-41(39)52(42(40)29-37)45-28-36(22-24-50-45)49(4,5)6;/h7-26,28H,30H2,1-6H3;/q-2;+2. The number of ether oxygens (including phenoxy) is 1. The first kappa shape index (κ1) is 36.5. The zero-order valence-electron chi connectivity index (χ0n) is 31.8. The van der Waals surface area contributed by atoms with E-state index in [1.165, 1.54) is 11.1 Å². The van der Waals surface area contributed by atoms with Gasteiger partial charge < -0.3 is 18.7 Å². The van der Waals surface area contributed by atoms with Crippen LogP contribution in [0.4, 0.5) is 0 Å². The van der Waals surface area contributed by atoms with Crippen LogP contribution in [-0.4, -0.2) is 14.5 Å². The van der Waals surface area contributed by atoms with Crippen molar-refractivity contribution in [2.45, 2.75) is 53.4 Å². The molecule has 274 valence electrons. The van der Waals surface area contributed by atoms with Gasteiger partial charge >= 0.3 is 21.1 Å². The number of fused-ring (bicyclic) bond motifs is 5. The first-order chi connectivity index (χ1) is 26.0. The molecule has 5 aromatic carbocycles. The van der Waals surface area contributed by atoms with Crippen molar-refractivity contribution in [3.05, 3.63) is 151 Å². The summed E-state index contributed by atoms with van der Waals surface area (Å²) in [4.78, 5) is 9.67. The predicted molar refractivity (Wildman–Crippen MR) is 221 cm³/mol. The fourth-order valence-electron chi connectivity index (χ4n) is 7.41. The molecule has 0 saturated carbocycles. The SMILES string of the molecule is CC(C)(C)Cc1ccc(-c2cc3ccnc(-c4[c-]c(Oc5[c-]c6c(cc5)c5ccccc5n6-c5cc(C(C)(C)C)ccn5)c5ccccc5c4)c3o2)cc1.[Pt+2]. The Balaban J connectivity index is 0.00000427. The average molecular weight is 899 g/mol. The van der Waals surface area contributed by atoms with Gasteiger partial charge in [-0.05, 0) is 64.1 Å². The van der Waals surface area contributed by atoms with Crippen LogP contribution in [0.2, 0.25) is 0 Å². The molecule has 0 bridgehead atoms. The van der Waals surface area contributed by atoms with Crippen molar-refractivity contribution in [3.63, 3.8) is 0 Å². The Morgan fingerprint density at radius 2 is 1.44 bits per heavy atom. The van der Waals surface area contributed by atoms with E-state index in [2.05, 4.69) is 149 Å². The summed E-state index contributed by atoms with van der Waals surface area (Å²) < 4.78 is 15.5. The van der Waals surface area contributed by atoms with Crippen LogP contribution in [0.3, 0.4) is 0 Å². The van der Waals surface area contributed by atoms with Gasteiger partial charge in [0.25, 0.3) is 0 Å². The average Bonchev–Trinajstić information content (AvgIpc) is 3.74. The van der Waals surface area contributed by atoms with Crippen LogP contribution in [0.1, 0.15) is 52.7 Å². The molecule has 0 N–H and O–H groups in total. The Morgan fingerprint density at radius 1 is 0.691 bits per heavy atom. The van der Waals surface area contributed by atoms with Crippen LogP contribution >= 0.6 is 0 Å². The normalized spacial score (nSPS) is 12.1. The number of hydrogen-bond acceptors (Lipinski definition) is 4. The quantitative estimate of drug-likeness (QED) is 0.156.